The number of carbonyl (C=O) groups excluding carboxylic acids is 1. The molecule has 2 rings (SSSR count). The van der Waals surface area contributed by atoms with Crippen molar-refractivity contribution in [3.63, 3.8) is 0 Å². The first-order valence-corrected chi connectivity index (χ1v) is 6.96. The summed E-state index contributed by atoms with van der Waals surface area (Å²) < 4.78 is 5.61. The molecule has 1 amide bonds. The Hall–Kier alpha value is -1.33. The molecule has 1 heterocycles. The van der Waals surface area contributed by atoms with Gasteiger partial charge in [0.1, 0.15) is 5.76 Å². The maximum Gasteiger partial charge on any atom is 0.301 e. The third kappa shape index (κ3) is 3.81. The SMILES string of the molecule is CCCN(Cc1cc(C)c(C(=O)NN)o1)CC1CC1. The number of nitrogens with zero attached hydrogens (tertiary/aromatic N) is 1. The molecule has 0 atom stereocenters. The average molecular weight is 265 g/mol. The van der Waals surface area contributed by atoms with Gasteiger partial charge in [0.2, 0.25) is 0 Å². The highest BCUT2D eigenvalue weighted by Gasteiger charge is 2.25. The van der Waals surface area contributed by atoms with Gasteiger partial charge in [-0.05, 0) is 44.7 Å². The number of carbonyl (C=O) groups is 1. The molecule has 106 valence electrons. The molecule has 1 aromatic rings. The molecule has 5 heteroatoms. The van der Waals surface area contributed by atoms with E-state index in [-0.39, 0.29) is 5.91 Å². The van der Waals surface area contributed by atoms with Crippen LogP contribution in [0.1, 0.15) is 48.1 Å². The van der Waals surface area contributed by atoms with Crippen LogP contribution in [-0.4, -0.2) is 23.9 Å². The molecule has 0 radical (unpaired) electrons. The fourth-order valence-electron chi connectivity index (χ4n) is 2.35. The number of nitrogen functional groups attached to an aromatic ring is 1. The van der Waals surface area contributed by atoms with Gasteiger partial charge in [0.25, 0.3) is 0 Å². The number of rotatable bonds is 7. The van der Waals surface area contributed by atoms with Gasteiger partial charge in [0.05, 0.1) is 6.54 Å². The standard InChI is InChI=1S/C14H23N3O2/c1-3-6-17(8-11-4-5-11)9-12-7-10(2)13(19-12)14(18)16-15/h7,11H,3-6,8-9,15H2,1-2H3,(H,16,18). The maximum absolute atomic E-state index is 11.5. The summed E-state index contributed by atoms with van der Waals surface area (Å²) in [5, 5.41) is 0. The third-order valence-electron chi connectivity index (χ3n) is 3.44. The Bertz CT molecular complexity index is 438. The Kier molecular flexibility index (Phi) is 4.61. The smallest absolute Gasteiger partial charge is 0.301 e. The van der Waals surface area contributed by atoms with Crippen LogP contribution in [-0.2, 0) is 6.54 Å². The number of aryl methyl sites for hydroxylation is 1. The second-order valence-corrected chi connectivity index (χ2v) is 5.38. The summed E-state index contributed by atoms with van der Waals surface area (Å²) in [6, 6.07) is 1.93. The fraction of sp³-hybridized carbons (Fsp3) is 0.643. The van der Waals surface area contributed by atoms with Gasteiger partial charge < -0.3 is 4.42 Å². The van der Waals surface area contributed by atoms with Crippen molar-refractivity contribution in [2.45, 2.75) is 39.7 Å². The second-order valence-electron chi connectivity index (χ2n) is 5.38. The number of amides is 1. The normalized spacial score (nSPS) is 14.9. The topological polar surface area (TPSA) is 71.5 Å². The Morgan fingerprint density at radius 3 is 2.89 bits per heavy atom. The van der Waals surface area contributed by atoms with Gasteiger partial charge in [0, 0.05) is 12.1 Å². The number of hydrazine groups is 1. The van der Waals surface area contributed by atoms with Crippen LogP contribution in [0.2, 0.25) is 0 Å². The zero-order valence-electron chi connectivity index (χ0n) is 11.7. The molecular weight excluding hydrogens is 242 g/mol. The van der Waals surface area contributed by atoms with Gasteiger partial charge in [-0.2, -0.15) is 0 Å². The van der Waals surface area contributed by atoms with Gasteiger partial charge in [-0.25, -0.2) is 5.84 Å². The number of hydrogen-bond donors (Lipinski definition) is 2. The molecule has 0 unspecified atom stereocenters. The van der Waals surface area contributed by atoms with E-state index in [0.717, 1.165) is 43.3 Å². The highest BCUT2D eigenvalue weighted by molar-refractivity contribution is 5.92. The number of furan rings is 1. The van der Waals surface area contributed by atoms with E-state index in [1.807, 2.05) is 13.0 Å². The van der Waals surface area contributed by atoms with Crippen molar-refractivity contribution < 1.29 is 9.21 Å². The average Bonchev–Trinajstić information content (AvgIpc) is 3.11. The van der Waals surface area contributed by atoms with Crippen LogP contribution >= 0.6 is 0 Å². The van der Waals surface area contributed by atoms with Crippen LogP contribution in [0.4, 0.5) is 0 Å². The molecule has 0 aliphatic heterocycles. The summed E-state index contributed by atoms with van der Waals surface area (Å²) in [5.41, 5.74) is 2.94. The largest absolute Gasteiger partial charge is 0.454 e. The quantitative estimate of drug-likeness (QED) is 0.448. The van der Waals surface area contributed by atoms with E-state index in [9.17, 15) is 4.79 Å². The Morgan fingerprint density at radius 2 is 2.32 bits per heavy atom. The van der Waals surface area contributed by atoms with Crippen molar-refractivity contribution in [3.05, 3.63) is 23.2 Å². The lowest BCUT2D eigenvalue weighted by molar-refractivity contribution is 0.0921. The van der Waals surface area contributed by atoms with Crippen LogP contribution < -0.4 is 11.3 Å². The molecular formula is C14H23N3O2. The molecule has 0 saturated heterocycles. The number of nitrogens with one attached hydrogen (secondary N) is 1. The lowest BCUT2D eigenvalue weighted by Crippen LogP contribution is -2.30. The zero-order chi connectivity index (χ0) is 13.8. The molecule has 0 bridgehead atoms. The summed E-state index contributed by atoms with van der Waals surface area (Å²) >= 11 is 0. The zero-order valence-corrected chi connectivity index (χ0v) is 11.7. The summed E-state index contributed by atoms with van der Waals surface area (Å²) in [6.07, 6.45) is 3.82. The number of nitrogens with two attached hydrogens (primary N) is 1. The summed E-state index contributed by atoms with van der Waals surface area (Å²) in [4.78, 5) is 13.9. The van der Waals surface area contributed by atoms with Crippen molar-refractivity contribution in [1.82, 2.24) is 10.3 Å². The van der Waals surface area contributed by atoms with E-state index >= 15 is 0 Å². The molecule has 1 saturated carbocycles. The van der Waals surface area contributed by atoms with Gasteiger partial charge in [-0.3, -0.25) is 15.1 Å². The molecule has 1 fully saturated rings. The highest BCUT2D eigenvalue weighted by Crippen LogP contribution is 2.30. The lowest BCUT2D eigenvalue weighted by atomic mass is 10.2. The molecule has 0 spiro atoms. The molecule has 1 aromatic heterocycles. The van der Waals surface area contributed by atoms with E-state index in [1.54, 1.807) is 0 Å². The molecule has 3 N–H and O–H groups in total. The number of hydrogen-bond acceptors (Lipinski definition) is 4. The minimum absolute atomic E-state index is 0.320. The van der Waals surface area contributed by atoms with Crippen LogP contribution in [0.3, 0.4) is 0 Å². The van der Waals surface area contributed by atoms with E-state index < -0.39 is 0 Å². The molecule has 0 aromatic carbocycles. The van der Waals surface area contributed by atoms with Crippen molar-refractivity contribution in [3.8, 4) is 0 Å². The summed E-state index contributed by atoms with van der Waals surface area (Å²) in [7, 11) is 0. The predicted molar refractivity (Wildman–Crippen MR) is 73.4 cm³/mol. The minimum Gasteiger partial charge on any atom is -0.454 e. The van der Waals surface area contributed by atoms with Crippen molar-refractivity contribution in [2.24, 2.45) is 11.8 Å². The molecule has 5 nitrogen and oxygen atoms in total. The summed E-state index contributed by atoms with van der Waals surface area (Å²) in [5.74, 6) is 6.78. The predicted octanol–water partition coefficient (Wildman–Crippen LogP) is 1.81. The Morgan fingerprint density at radius 1 is 1.58 bits per heavy atom. The first-order valence-electron chi connectivity index (χ1n) is 6.96. The van der Waals surface area contributed by atoms with Crippen molar-refractivity contribution in [1.29, 1.82) is 0 Å². The first-order chi connectivity index (χ1) is 9.13. The van der Waals surface area contributed by atoms with E-state index in [0.29, 0.717) is 5.76 Å². The molecule has 1 aliphatic carbocycles. The third-order valence-corrected chi connectivity index (χ3v) is 3.44. The second kappa shape index (κ2) is 6.21. The van der Waals surface area contributed by atoms with Crippen LogP contribution in [0.25, 0.3) is 0 Å². The van der Waals surface area contributed by atoms with E-state index in [2.05, 4.69) is 17.2 Å². The van der Waals surface area contributed by atoms with Gasteiger partial charge in [-0.15, -0.1) is 0 Å². The van der Waals surface area contributed by atoms with Crippen molar-refractivity contribution >= 4 is 5.91 Å². The van der Waals surface area contributed by atoms with E-state index in [4.69, 9.17) is 10.3 Å². The monoisotopic (exact) mass is 265 g/mol. The van der Waals surface area contributed by atoms with E-state index in [1.165, 1.54) is 12.8 Å². The maximum atomic E-state index is 11.5. The lowest BCUT2D eigenvalue weighted by Gasteiger charge is -2.19. The highest BCUT2D eigenvalue weighted by atomic mass is 16.4. The fourth-order valence-corrected chi connectivity index (χ4v) is 2.35. The Labute approximate surface area is 114 Å². The van der Waals surface area contributed by atoms with Crippen LogP contribution in [0, 0.1) is 12.8 Å². The van der Waals surface area contributed by atoms with Gasteiger partial charge >= 0.3 is 5.91 Å². The van der Waals surface area contributed by atoms with Gasteiger partial charge in [0.15, 0.2) is 5.76 Å². The summed E-state index contributed by atoms with van der Waals surface area (Å²) in [6.45, 7) is 7.01. The minimum atomic E-state index is -0.368. The molecule has 19 heavy (non-hydrogen) atoms. The Balaban J connectivity index is 2.01. The molecule has 1 aliphatic rings. The van der Waals surface area contributed by atoms with Gasteiger partial charge in [-0.1, -0.05) is 6.92 Å². The van der Waals surface area contributed by atoms with Crippen molar-refractivity contribution in [2.75, 3.05) is 13.1 Å². The first kappa shape index (κ1) is 14.1. The van der Waals surface area contributed by atoms with Crippen LogP contribution in [0.15, 0.2) is 10.5 Å². The van der Waals surface area contributed by atoms with Crippen LogP contribution in [0.5, 0.6) is 0 Å².